The van der Waals surface area contributed by atoms with Gasteiger partial charge in [-0.1, -0.05) is 6.92 Å². The molecule has 1 atom stereocenters. The highest BCUT2D eigenvalue weighted by atomic mass is 16.5. The number of amides is 1. The van der Waals surface area contributed by atoms with Gasteiger partial charge in [-0.25, -0.2) is 9.97 Å². The number of carbonyl (C=O) groups is 1. The average Bonchev–Trinajstić information content (AvgIpc) is 2.56. The van der Waals surface area contributed by atoms with Gasteiger partial charge in [0.1, 0.15) is 11.4 Å². The standard InChI is InChI=1S/C18H24N4O2/c1-5-12(3)19-17(23)16-11-13(4)20-18(22-16)21-14-7-9-15(10-8-14)24-6-2/h7-12H,5-6H2,1-4H3,(H,19,23)(H,20,21,22). The van der Waals surface area contributed by atoms with Gasteiger partial charge in [0.05, 0.1) is 6.61 Å². The third-order valence-electron chi connectivity index (χ3n) is 3.50. The molecule has 1 amide bonds. The van der Waals surface area contributed by atoms with Crippen molar-refractivity contribution in [1.82, 2.24) is 15.3 Å². The molecule has 6 heteroatoms. The van der Waals surface area contributed by atoms with Crippen LogP contribution in [-0.2, 0) is 0 Å². The maximum atomic E-state index is 12.2. The van der Waals surface area contributed by atoms with E-state index in [2.05, 4.69) is 20.6 Å². The Balaban J connectivity index is 2.14. The van der Waals surface area contributed by atoms with Crippen LogP contribution in [0.5, 0.6) is 5.75 Å². The molecule has 0 bridgehead atoms. The van der Waals surface area contributed by atoms with Crippen LogP contribution in [-0.4, -0.2) is 28.5 Å². The van der Waals surface area contributed by atoms with Crippen molar-refractivity contribution >= 4 is 17.5 Å². The molecule has 0 aliphatic heterocycles. The first kappa shape index (κ1) is 17.7. The van der Waals surface area contributed by atoms with Crippen LogP contribution >= 0.6 is 0 Å². The van der Waals surface area contributed by atoms with Crippen molar-refractivity contribution in [3.05, 3.63) is 41.7 Å². The van der Waals surface area contributed by atoms with Crippen molar-refractivity contribution in [3.63, 3.8) is 0 Å². The van der Waals surface area contributed by atoms with Crippen molar-refractivity contribution in [3.8, 4) is 5.75 Å². The largest absolute Gasteiger partial charge is 0.494 e. The Bertz CT molecular complexity index is 686. The molecule has 0 saturated carbocycles. The fourth-order valence-corrected chi connectivity index (χ4v) is 2.07. The van der Waals surface area contributed by atoms with Crippen molar-refractivity contribution in [2.45, 2.75) is 40.2 Å². The first-order valence-electron chi connectivity index (χ1n) is 8.18. The highest BCUT2D eigenvalue weighted by molar-refractivity contribution is 5.92. The lowest BCUT2D eigenvalue weighted by Gasteiger charge is -2.12. The van der Waals surface area contributed by atoms with Crippen LogP contribution in [0.15, 0.2) is 30.3 Å². The van der Waals surface area contributed by atoms with E-state index in [0.29, 0.717) is 18.2 Å². The van der Waals surface area contributed by atoms with E-state index in [1.54, 1.807) is 6.07 Å². The van der Waals surface area contributed by atoms with Gasteiger partial charge in [-0.2, -0.15) is 0 Å². The highest BCUT2D eigenvalue weighted by Crippen LogP contribution is 2.18. The van der Waals surface area contributed by atoms with Crippen molar-refractivity contribution < 1.29 is 9.53 Å². The normalized spacial score (nSPS) is 11.7. The number of nitrogens with zero attached hydrogens (tertiary/aromatic N) is 2. The molecule has 0 radical (unpaired) electrons. The summed E-state index contributed by atoms with van der Waals surface area (Å²) in [5.74, 6) is 1.01. The number of hydrogen-bond acceptors (Lipinski definition) is 5. The topological polar surface area (TPSA) is 76.1 Å². The second-order valence-corrected chi connectivity index (χ2v) is 5.58. The van der Waals surface area contributed by atoms with Gasteiger partial charge in [-0.05, 0) is 57.5 Å². The molecule has 1 aromatic heterocycles. The molecular formula is C18H24N4O2. The molecule has 2 aromatic rings. The molecule has 0 spiro atoms. The number of benzene rings is 1. The Labute approximate surface area is 142 Å². The zero-order valence-corrected chi connectivity index (χ0v) is 14.6. The zero-order valence-electron chi connectivity index (χ0n) is 14.6. The molecular weight excluding hydrogens is 304 g/mol. The summed E-state index contributed by atoms with van der Waals surface area (Å²) in [6, 6.07) is 9.30. The molecule has 24 heavy (non-hydrogen) atoms. The van der Waals surface area contributed by atoms with E-state index in [4.69, 9.17) is 4.74 Å². The number of rotatable bonds is 7. The van der Waals surface area contributed by atoms with E-state index >= 15 is 0 Å². The minimum atomic E-state index is -0.190. The Hall–Kier alpha value is -2.63. The van der Waals surface area contributed by atoms with Crippen LogP contribution in [0.25, 0.3) is 0 Å². The highest BCUT2D eigenvalue weighted by Gasteiger charge is 2.12. The second-order valence-electron chi connectivity index (χ2n) is 5.58. The maximum Gasteiger partial charge on any atom is 0.270 e. The van der Waals surface area contributed by atoms with E-state index in [1.807, 2.05) is 52.0 Å². The zero-order chi connectivity index (χ0) is 17.5. The lowest BCUT2D eigenvalue weighted by molar-refractivity contribution is 0.0934. The van der Waals surface area contributed by atoms with Gasteiger partial charge in [0.2, 0.25) is 5.95 Å². The molecule has 0 aliphatic rings. The number of carbonyl (C=O) groups excluding carboxylic acids is 1. The molecule has 2 rings (SSSR count). The fraction of sp³-hybridized carbons (Fsp3) is 0.389. The lowest BCUT2D eigenvalue weighted by Crippen LogP contribution is -2.32. The van der Waals surface area contributed by atoms with Gasteiger partial charge in [0.25, 0.3) is 5.91 Å². The van der Waals surface area contributed by atoms with E-state index in [0.717, 1.165) is 23.6 Å². The summed E-state index contributed by atoms with van der Waals surface area (Å²) < 4.78 is 5.42. The summed E-state index contributed by atoms with van der Waals surface area (Å²) in [7, 11) is 0. The van der Waals surface area contributed by atoms with E-state index < -0.39 is 0 Å². The molecule has 1 unspecified atom stereocenters. The van der Waals surface area contributed by atoms with Crippen molar-refractivity contribution in [2.24, 2.45) is 0 Å². The van der Waals surface area contributed by atoms with Gasteiger partial charge in [-0.15, -0.1) is 0 Å². The summed E-state index contributed by atoms with van der Waals surface area (Å²) in [5, 5.41) is 6.03. The molecule has 1 heterocycles. The summed E-state index contributed by atoms with van der Waals surface area (Å²) >= 11 is 0. The van der Waals surface area contributed by atoms with E-state index in [-0.39, 0.29) is 11.9 Å². The Morgan fingerprint density at radius 1 is 1.21 bits per heavy atom. The third-order valence-corrected chi connectivity index (χ3v) is 3.50. The molecule has 6 nitrogen and oxygen atoms in total. The van der Waals surface area contributed by atoms with Crippen LogP contribution < -0.4 is 15.4 Å². The molecule has 128 valence electrons. The van der Waals surface area contributed by atoms with Crippen LogP contribution in [0.4, 0.5) is 11.6 Å². The quantitative estimate of drug-likeness (QED) is 0.814. The summed E-state index contributed by atoms with van der Waals surface area (Å²) in [6.07, 6.45) is 0.868. The monoisotopic (exact) mass is 328 g/mol. The SMILES string of the molecule is CCOc1ccc(Nc2nc(C)cc(C(=O)NC(C)CC)n2)cc1. The minimum absolute atomic E-state index is 0.107. The van der Waals surface area contributed by atoms with Crippen molar-refractivity contribution in [2.75, 3.05) is 11.9 Å². The lowest BCUT2D eigenvalue weighted by atomic mass is 10.2. The Kier molecular flexibility index (Phi) is 6.12. The number of ether oxygens (including phenoxy) is 1. The number of aryl methyl sites for hydroxylation is 1. The summed E-state index contributed by atoms with van der Waals surface area (Å²) in [6.45, 7) is 8.40. The number of anilines is 2. The first-order valence-corrected chi connectivity index (χ1v) is 8.18. The van der Waals surface area contributed by atoms with Crippen LogP contribution in [0.2, 0.25) is 0 Å². The second kappa shape index (κ2) is 8.29. The van der Waals surface area contributed by atoms with Crippen molar-refractivity contribution in [1.29, 1.82) is 0 Å². The van der Waals surface area contributed by atoms with Crippen LogP contribution in [0.1, 0.15) is 43.4 Å². The predicted molar refractivity (Wildman–Crippen MR) is 94.9 cm³/mol. The third kappa shape index (κ3) is 4.94. The molecule has 0 aliphatic carbocycles. The van der Waals surface area contributed by atoms with Gasteiger partial charge in [0, 0.05) is 17.4 Å². The maximum absolute atomic E-state index is 12.2. The Morgan fingerprint density at radius 2 is 1.92 bits per heavy atom. The van der Waals surface area contributed by atoms with Crippen LogP contribution in [0, 0.1) is 6.92 Å². The molecule has 1 aromatic carbocycles. The molecule has 0 saturated heterocycles. The fourth-order valence-electron chi connectivity index (χ4n) is 2.07. The number of hydrogen-bond donors (Lipinski definition) is 2. The first-order chi connectivity index (χ1) is 11.5. The van der Waals surface area contributed by atoms with Gasteiger partial charge < -0.3 is 15.4 Å². The number of aromatic nitrogens is 2. The van der Waals surface area contributed by atoms with Gasteiger partial charge in [0.15, 0.2) is 0 Å². The van der Waals surface area contributed by atoms with Gasteiger partial charge in [-0.3, -0.25) is 4.79 Å². The Morgan fingerprint density at radius 3 is 2.54 bits per heavy atom. The van der Waals surface area contributed by atoms with Gasteiger partial charge >= 0.3 is 0 Å². The van der Waals surface area contributed by atoms with E-state index in [9.17, 15) is 4.79 Å². The predicted octanol–water partition coefficient (Wildman–Crippen LogP) is 3.46. The smallest absolute Gasteiger partial charge is 0.270 e. The molecule has 0 fully saturated rings. The summed E-state index contributed by atoms with van der Waals surface area (Å²) in [4.78, 5) is 20.9. The van der Waals surface area contributed by atoms with Crippen LogP contribution in [0.3, 0.4) is 0 Å². The minimum Gasteiger partial charge on any atom is -0.494 e. The number of nitrogens with one attached hydrogen (secondary N) is 2. The summed E-state index contributed by atoms with van der Waals surface area (Å²) in [5.41, 5.74) is 1.92. The van der Waals surface area contributed by atoms with E-state index in [1.165, 1.54) is 0 Å². The molecule has 2 N–H and O–H groups in total. The average molecular weight is 328 g/mol.